The fourth-order valence-corrected chi connectivity index (χ4v) is 1.24. The van der Waals surface area contributed by atoms with E-state index in [1.54, 1.807) is 6.08 Å². The van der Waals surface area contributed by atoms with Crippen LogP contribution in [0.1, 0.15) is 32.6 Å². The molecule has 17 heavy (non-hydrogen) atoms. The second-order valence-electron chi connectivity index (χ2n) is 3.71. The van der Waals surface area contributed by atoms with Crippen molar-refractivity contribution >= 4 is 17.7 Å². The van der Waals surface area contributed by atoms with Gasteiger partial charge in [0.25, 0.3) is 0 Å². The predicted molar refractivity (Wildman–Crippen MR) is 63.3 cm³/mol. The number of ketones is 1. The SMILES string of the molecule is C=CCCC(=O)N[C@@H](CCC(C)=O)C(=O)OC. The molecule has 0 aromatic rings. The second-order valence-corrected chi connectivity index (χ2v) is 3.71. The molecule has 0 heterocycles. The van der Waals surface area contributed by atoms with E-state index in [1.165, 1.54) is 14.0 Å². The van der Waals surface area contributed by atoms with Gasteiger partial charge in [0, 0.05) is 12.8 Å². The van der Waals surface area contributed by atoms with Gasteiger partial charge in [0.1, 0.15) is 11.8 Å². The highest BCUT2D eigenvalue weighted by Crippen LogP contribution is 2.02. The molecule has 0 radical (unpaired) electrons. The number of nitrogens with one attached hydrogen (secondary N) is 1. The van der Waals surface area contributed by atoms with Crippen molar-refractivity contribution in [2.24, 2.45) is 0 Å². The number of carbonyl (C=O) groups is 3. The number of hydrogen-bond donors (Lipinski definition) is 1. The van der Waals surface area contributed by atoms with Gasteiger partial charge in [0.2, 0.25) is 5.91 Å². The number of Topliss-reactive ketones (excluding diaryl/α,β-unsaturated/α-hetero) is 1. The van der Waals surface area contributed by atoms with E-state index in [9.17, 15) is 14.4 Å². The van der Waals surface area contributed by atoms with Crippen LogP contribution in [0.2, 0.25) is 0 Å². The zero-order valence-corrected chi connectivity index (χ0v) is 10.3. The number of ether oxygens (including phenoxy) is 1. The Kier molecular flexibility index (Phi) is 7.67. The summed E-state index contributed by atoms with van der Waals surface area (Å²) in [6.45, 7) is 4.94. The quantitative estimate of drug-likeness (QED) is 0.508. The molecule has 0 unspecified atom stereocenters. The van der Waals surface area contributed by atoms with Gasteiger partial charge < -0.3 is 14.8 Å². The maximum atomic E-state index is 11.4. The number of carbonyl (C=O) groups excluding carboxylic acids is 3. The molecule has 0 saturated heterocycles. The number of allylic oxidation sites excluding steroid dienone is 1. The topological polar surface area (TPSA) is 72.5 Å². The molecule has 1 atom stereocenters. The number of rotatable bonds is 8. The zero-order valence-electron chi connectivity index (χ0n) is 10.3. The van der Waals surface area contributed by atoms with E-state index in [-0.39, 0.29) is 31.0 Å². The molecule has 5 heteroatoms. The summed E-state index contributed by atoms with van der Waals surface area (Å²) in [6, 6.07) is -0.749. The summed E-state index contributed by atoms with van der Waals surface area (Å²) in [4.78, 5) is 33.6. The Hall–Kier alpha value is -1.65. The summed E-state index contributed by atoms with van der Waals surface area (Å²) in [5, 5.41) is 2.54. The van der Waals surface area contributed by atoms with Crippen LogP contribution in [-0.4, -0.2) is 30.8 Å². The van der Waals surface area contributed by atoms with E-state index in [0.29, 0.717) is 6.42 Å². The molecular weight excluding hydrogens is 222 g/mol. The summed E-state index contributed by atoms with van der Waals surface area (Å²) in [7, 11) is 1.25. The number of methoxy groups -OCH3 is 1. The average molecular weight is 241 g/mol. The van der Waals surface area contributed by atoms with Gasteiger partial charge in [-0.05, 0) is 19.8 Å². The molecule has 0 fully saturated rings. The molecule has 96 valence electrons. The molecule has 0 aliphatic heterocycles. The Balaban J connectivity index is 4.27. The van der Waals surface area contributed by atoms with E-state index < -0.39 is 12.0 Å². The van der Waals surface area contributed by atoms with Gasteiger partial charge in [-0.15, -0.1) is 6.58 Å². The molecule has 0 aromatic carbocycles. The molecule has 0 aliphatic carbocycles. The van der Waals surface area contributed by atoms with Gasteiger partial charge in [-0.1, -0.05) is 6.08 Å². The van der Waals surface area contributed by atoms with Gasteiger partial charge in [-0.25, -0.2) is 4.79 Å². The van der Waals surface area contributed by atoms with Gasteiger partial charge in [-0.2, -0.15) is 0 Å². The third-order valence-electron chi connectivity index (χ3n) is 2.18. The average Bonchev–Trinajstić information content (AvgIpc) is 2.30. The Bertz CT molecular complexity index is 299. The maximum Gasteiger partial charge on any atom is 0.328 e. The fourth-order valence-electron chi connectivity index (χ4n) is 1.24. The first-order valence-corrected chi connectivity index (χ1v) is 5.48. The van der Waals surface area contributed by atoms with Crippen LogP contribution >= 0.6 is 0 Å². The minimum atomic E-state index is -0.749. The van der Waals surface area contributed by atoms with Crippen molar-refractivity contribution in [3.05, 3.63) is 12.7 Å². The molecule has 1 N–H and O–H groups in total. The van der Waals surface area contributed by atoms with Crippen molar-refractivity contribution in [1.82, 2.24) is 5.32 Å². The lowest BCUT2D eigenvalue weighted by atomic mass is 10.1. The van der Waals surface area contributed by atoms with Crippen molar-refractivity contribution < 1.29 is 19.1 Å². The van der Waals surface area contributed by atoms with Crippen LogP contribution in [0.3, 0.4) is 0 Å². The van der Waals surface area contributed by atoms with Gasteiger partial charge in [0.15, 0.2) is 0 Å². The summed E-state index contributed by atoms with van der Waals surface area (Å²) in [6.07, 6.45) is 2.95. The van der Waals surface area contributed by atoms with Crippen LogP contribution in [0, 0.1) is 0 Å². The molecule has 0 aromatic heterocycles. The molecule has 5 nitrogen and oxygen atoms in total. The van der Waals surface area contributed by atoms with Crippen LogP contribution in [0.5, 0.6) is 0 Å². The molecule has 0 rings (SSSR count). The Morgan fingerprint density at radius 2 is 2.00 bits per heavy atom. The number of amides is 1. The van der Waals surface area contributed by atoms with Crippen LogP contribution in [0.4, 0.5) is 0 Å². The zero-order chi connectivity index (χ0) is 13.3. The van der Waals surface area contributed by atoms with Crippen molar-refractivity contribution in [3.63, 3.8) is 0 Å². The normalized spacial score (nSPS) is 11.4. The molecular formula is C12H19NO4. The summed E-state index contributed by atoms with van der Waals surface area (Å²) >= 11 is 0. The second kappa shape index (κ2) is 8.50. The Labute approximate surface area is 101 Å². The minimum absolute atomic E-state index is 0.0285. The van der Waals surface area contributed by atoms with Crippen LogP contribution in [0.25, 0.3) is 0 Å². The van der Waals surface area contributed by atoms with Crippen molar-refractivity contribution in [1.29, 1.82) is 0 Å². The summed E-state index contributed by atoms with van der Waals surface area (Å²) in [5.41, 5.74) is 0. The summed E-state index contributed by atoms with van der Waals surface area (Å²) < 4.78 is 4.56. The lowest BCUT2D eigenvalue weighted by Crippen LogP contribution is -2.41. The van der Waals surface area contributed by atoms with E-state index in [4.69, 9.17) is 0 Å². The largest absolute Gasteiger partial charge is 0.467 e. The van der Waals surface area contributed by atoms with Crippen LogP contribution < -0.4 is 5.32 Å². The number of hydrogen-bond acceptors (Lipinski definition) is 4. The fraction of sp³-hybridized carbons (Fsp3) is 0.583. The van der Waals surface area contributed by atoms with E-state index in [2.05, 4.69) is 16.6 Å². The highest BCUT2D eigenvalue weighted by Gasteiger charge is 2.21. The first-order valence-electron chi connectivity index (χ1n) is 5.48. The van der Waals surface area contributed by atoms with E-state index in [1.807, 2.05) is 0 Å². The Morgan fingerprint density at radius 1 is 1.35 bits per heavy atom. The molecule has 0 saturated carbocycles. The predicted octanol–water partition coefficient (Wildman–Crippen LogP) is 0.980. The van der Waals surface area contributed by atoms with Crippen molar-refractivity contribution in [3.8, 4) is 0 Å². The highest BCUT2D eigenvalue weighted by atomic mass is 16.5. The third kappa shape index (κ3) is 7.27. The third-order valence-corrected chi connectivity index (χ3v) is 2.18. The first-order chi connectivity index (χ1) is 8.01. The highest BCUT2D eigenvalue weighted by molar-refractivity contribution is 5.85. The van der Waals surface area contributed by atoms with Gasteiger partial charge in [-0.3, -0.25) is 4.79 Å². The molecule has 0 spiro atoms. The van der Waals surface area contributed by atoms with E-state index >= 15 is 0 Å². The van der Waals surface area contributed by atoms with Crippen molar-refractivity contribution in [2.75, 3.05) is 7.11 Å². The standard InChI is InChI=1S/C12H19NO4/c1-4-5-6-11(15)13-10(12(16)17-3)8-7-9(2)14/h4,10H,1,5-8H2,2-3H3,(H,13,15)/t10-/m0/s1. The van der Waals surface area contributed by atoms with E-state index in [0.717, 1.165) is 0 Å². The molecule has 0 bridgehead atoms. The minimum Gasteiger partial charge on any atom is -0.467 e. The van der Waals surface area contributed by atoms with Crippen molar-refractivity contribution in [2.45, 2.75) is 38.6 Å². The van der Waals surface area contributed by atoms with Crippen LogP contribution in [-0.2, 0) is 19.1 Å². The molecule has 0 aliphatic rings. The van der Waals surface area contributed by atoms with Gasteiger partial charge >= 0.3 is 5.97 Å². The monoisotopic (exact) mass is 241 g/mol. The maximum absolute atomic E-state index is 11.4. The first kappa shape index (κ1) is 15.3. The molecule has 1 amide bonds. The van der Waals surface area contributed by atoms with Crippen LogP contribution in [0.15, 0.2) is 12.7 Å². The number of esters is 1. The van der Waals surface area contributed by atoms with Gasteiger partial charge in [0.05, 0.1) is 7.11 Å². The lowest BCUT2D eigenvalue weighted by molar-refractivity contribution is -0.145. The lowest BCUT2D eigenvalue weighted by Gasteiger charge is -2.15. The summed E-state index contributed by atoms with van der Waals surface area (Å²) in [5.74, 6) is -0.804. The smallest absolute Gasteiger partial charge is 0.328 e. The Morgan fingerprint density at radius 3 is 2.47 bits per heavy atom.